The number of rotatable bonds is 4. The summed E-state index contributed by atoms with van der Waals surface area (Å²) >= 11 is 0. The van der Waals surface area contributed by atoms with Gasteiger partial charge in [0.2, 0.25) is 0 Å². The van der Waals surface area contributed by atoms with Crippen LogP contribution in [-0.2, 0) is 4.79 Å². The molecular weight excluding hydrogens is 210 g/mol. The van der Waals surface area contributed by atoms with E-state index in [1.165, 1.54) is 38.6 Å². The van der Waals surface area contributed by atoms with Crippen molar-refractivity contribution in [2.24, 2.45) is 11.8 Å². The second-order valence-corrected chi connectivity index (χ2v) is 5.92. The first-order valence-electron chi connectivity index (χ1n) is 7.45. The second kappa shape index (κ2) is 5.51. The van der Waals surface area contributed by atoms with Gasteiger partial charge in [0, 0.05) is 18.0 Å². The number of carbonyl (C=O) groups excluding carboxylic acids is 1. The van der Waals surface area contributed by atoms with Gasteiger partial charge in [-0.1, -0.05) is 26.7 Å². The lowest BCUT2D eigenvalue weighted by molar-refractivity contribution is -0.126. The summed E-state index contributed by atoms with van der Waals surface area (Å²) < 4.78 is 0. The van der Waals surface area contributed by atoms with E-state index in [-0.39, 0.29) is 0 Å². The van der Waals surface area contributed by atoms with Crippen LogP contribution in [-0.4, -0.2) is 29.3 Å². The lowest BCUT2D eigenvalue weighted by atomic mass is 9.75. The van der Waals surface area contributed by atoms with Crippen molar-refractivity contribution < 1.29 is 4.79 Å². The molecule has 0 aliphatic carbocycles. The molecule has 2 nitrogen and oxygen atoms in total. The third-order valence-electron chi connectivity index (χ3n) is 4.96. The Bertz CT molecular complexity index is 276. The maximum Gasteiger partial charge on any atom is 0.134 e. The minimum absolute atomic E-state index is 0.329. The van der Waals surface area contributed by atoms with Crippen LogP contribution in [0.4, 0.5) is 0 Å². The minimum atomic E-state index is 0.329. The molecule has 0 bridgehead atoms. The predicted molar refractivity (Wildman–Crippen MR) is 71.0 cm³/mol. The normalized spacial score (nSPS) is 38.1. The van der Waals surface area contributed by atoms with Gasteiger partial charge in [0.1, 0.15) is 5.78 Å². The van der Waals surface area contributed by atoms with Crippen molar-refractivity contribution in [2.75, 3.05) is 6.54 Å². The minimum Gasteiger partial charge on any atom is -0.300 e. The fourth-order valence-electron chi connectivity index (χ4n) is 4.14. The number of ketones is 1. The second-order valence-electron chi connectivity index (χ2n) is 5.92. The van der Waals surface area contributed by atoms with Gasteiger partial charge in [0.15, 0.2) is 0 Å². The Hall–Kier alpha value is -0.370. The topological polar surface area (TPSA) is 20.3 Å². The molecule has 17 heavy (non-hydrogen) atoms. The summed E-state index contributed by atoms with van der Waals surface area (Å²) in [6, 6.07) is 1.33. The van der Waals surface area contributed by atoms with Gasteiger partial charge in [-0.15, -0.1) is 0 Å². The van der Waals surface area contributed by atoms with Crippen molar-refractivity contribution in [1.82, 2.24) is 4.90 Å². The van der Waals surface area contributed by atoms with Crippen molar-refractivity contribution >= 4 is 5.78 Å². The molecule has 4 atom stereocenters. The third-order valence-corrected chi connectivity index (χ3v) is 4.96. The first-order chi connectivity index (χ1) is 8.19. The highest BCUT2D eigenvalue weighted by Gasteiger charge is 2.45. The fraction of sp³-hybridized carbons (Fsp3) is 0.933. The number of hydrogen-bond donors (Lipinski definition) is 0. The summed E-state index contributed by atoms with van der Waals surface area (Å²) in [6.45, 7) is 7.61. The van der Waals surface area contributed by atoms with E-state index in [0.29, 0.717) is 17.7 Å². The largest absolute Gasteiger partial charge is 0.300 e. The lowest BCUT2D eigenvalue weighted by Gasteiger charge is -2.46. The standard InChI is InChI=1S/C15H27NO/c1-4-7-14-12(5-2)10-13(11(3)17)15-8-6-9-16(14)15/h12-15H,4-10H2,1-3H3/t12-,13+,14-,15+/m1/s1. The quantitative estimate of drug-likeness (QED) is 0.748. The number of nitrogens with zero attached hydrogens (tertiary/aromatic N) is 1. The molecule has 0 aromatic heterocycles. The zero-order valence-corrected chi connectivity index (χ0v) is 11.6. The smallest absolute Gasteiger partial charge is 0.134 e. The zero-order valence-electron chi connectivity index (χ0n) is 11.6. The van der Waals surface area contributed by atoms with E-state index in [9.17, 15) is 4.79 Å². The van der Waals surface area contributed by atoms with Crippen molar-refractivity contribution in [3.05, 3.63) is 0 Å². The zero-order chi connectivity index (χ0) is 12.4. The van der Waals surface area contributed by atoms with Gasteiger partial charge in [-0.3, -0.25) is 9.69 Å². The molecule has 2 aliphatic rings. The van der Waals surface area contributed by atoms with E-state index < -0.39 is 0 Å². The maximum atomic E-state index is 11.8. The van der Waals surface area contributed by atoms with E-state index in [1.807, 2.05) is 0 Å². The Morgan fingerprint density at radius 3 is 2.71 bits per heavy atom. The molecule has 2 rings (SSSR count). The molecule has 0 saturated carbocycles. The number of piperidine rings is 1. The van der Waals surface area contributed by atoms with E-state index in [1.54, 1.807) is 6.92 Å². The van der Waals surface area contributed by atoms with Crippen molar-refractivity contribution in [1.29, 1.82) is 0 Å². The van der Waals surface area contributed by atoms with E-state index in [4.69, 9.17) is 0 Å². The van der Waals surface area contributed by atoms with Gasteiger partial charge in [-0.25, -0.2) is 0 Å². The van der Waals surface area contributed by atoms with Gasteiger partial charge in [-0.2, -0.15) is 0 Å². The summed E-state index contributed by atoms with van der Waals surface area (Å²) in [6.07, 6.45) is 7.52. The highest BCUT2D eigenvalue weighted by Crippen LogP contribution is 2.41. The molecule has 0 amide bonds. The van der Waals surface area contributed by atoms with Crippen LogP contribution in [0.15, 0.2) is 0 Å². The molecule has 2 aliphatic heterocycles. The molecule has 0 spiro atoms. The van der Waals surface area contributed by atoms with Crippen LogP contribution in [0.5, 0.6) is 0 Å². The van der Waals surface area contributed by atoms with Crippen molar-refractivity contribution in [3.63, 3.8) is 0 Å². The molecule has 0 aromatic carbocycles. The van der Waals surface area contributed by atoms with E-state index >= 15 is 0 Å². The molecule has 98 valence electrons. The van der Waals surface area contributed by atoms with Crippen LogP contribution in [0, 0.1) is 11.8 Å². The molecule has 2 heteroatoms. The summed E-state index contributed by atoms with van der Waals surface area (Å²) in [5.74, 6) is 1.50. The lowest BCUT2D eigenvalue weighted by Crippen LogP contribution is -2.53. The Kier molecular flexibility index (Phi) is 4.24. The van der Waals surface area contributed by atoms with Crippen molar-refractivity contribution in [2.45, 2.75) is 71.4 Å². The number of Topliss-reactive ketones (excluding diaryl/α,β-unsaturated/α-hetero) is 1. The molecule has 2 fully saturated rings. The molecule has 0 unspecified atom stereocenters. The van der Waals surface area contributed by atoms with Crippen LogP contribution < -0.4 is 0 Å². The molecule has 0 radical (unpaired) electrons. The van der Waals surface area contributed by atoms with Crippen LogP contribution >= 0.6 is 0 Å². The number of fused-ring (bicyclic) bond motifs is 1. The van der Waals surface area contributed by atoms with Crippen LogP contribution in [0.2, 0.25) is 0 Å². The molecule has 2 heterocycles. The Morgan fingerprint density at radius 2 is 2.12 bits per heavy atom. The molecule has 0 aromatic rings. The summed E-state index contributed by atoms with van der Waals surface area (Å²) in [5.41, 5.74) is 0. The Morgan fingerprint density at radius 1 is 1.35 bits per heavy atom. The Balaban J connectivity index is 2.17. The van der Waals surface area contributed by atoms with Gasteiger partial charge in [-0.05, 0) is 45.1 Å². The number of hydrogen-bond acceptors (Lipinski definition) is 2. The molecular formula is C15H27NO. The average molecular weight is 237 g/mol. The van der Waals surface area contributed by atoms with Crippen LogP contribution in [0.3, 0.4) is 0 Å². The van der Waals surface area contributed by atoms with Gasteiger partial charge in [0.25, 0.3) is 0 Å². The van der Waals surface area contributed by atoms with Crippen molar-refractivity contribution in [3.8, 4) is 0 Å². The SMILES string of the molecule is CCC[C@@H]1[C@H](CC)C[C@@H](C(C)=O)[C@@H]2CCCN12. The monoisotopic (exact) mass is 237 g/mol. The van der Waals surface area contributed by atoms with E-state index in [2.05, 4.69) is 18.7 Å². The van der Waals surface area contributed by atoms with Gasteiger partial charge in [0.05, 0.1) is 0 Å². The average Bonchev–Trinajstić information content (AvgIpc) is 2.78. The highest BCUT2D eigenvalue weighted by atomic mass is 16.1. The summed E-state index contributed by atoms with van der Waals surface area (Å²) in [4.78, 5) is 14.5. The first-order valence-corrected chi connectivity index (χ1v) is 7.45. The van der Waals surface area contributed by atoms with Crippen LogP contribution in [0.1, 0.15) is 59.3 Å². The fourth-order valence-corrected chi connectivity index (χ4v) is 4.14. The predicted octanol–water partition coefficient (Wildman–Crippen LogP) is 3.25. The maximum absolute atomic E-state index is 11.8. The third kappa shape index (κ3) is 2.42. The molecule has 0 N–H and O–H groups in total. The van der Waals surface area contributed by atoms with E-state index in [0.717, 1.165) is 18.4 Å². The van der Waals surface area contributed by atoms with Gasteiger partial charge < -0.3 is 0 Å². The first kappa shape index (κ1) is 13.1. The summed E-state index contributed by atoms with van der Waals surface area (Å²) in [5, 5.41) is 0. The molecule has 2 saturated heterocycles. The summed E-state index contributed by atoms with van der Waals surface area (Å²) in [7, 11) is 0. The van der Waals surface area contributed by atoms with Crippen LogP contribution in [0.25, 0.3) is 0 Å². The van der Waals surface area contributed by atoms with Gasteiger partial charge >= 0.3 is 0 Å². The highest BCUT2D eigenvalue weighted by molar-refractivity contribution is 5.79. The Labute approximate surface area is 106 Å². The number of carbonyl (C=O) groups is 1.